The number of nitrogens with two attached hydrogens (primary N) is 1. The first-order valence-electron chi connectivity index (χ1n) is 6.23. The van der Waals surface area contributed by atoms with E-state index in [1.807, 2.05) is 30.7 Å². The fourth-order valence-corrected chi connectivity index (χ4v) is 2.04. The Hall–Kier alpha value is -0.680. The molecule has 0 aromatic carbocycles. The lowest BCUT2D eigenvalue weighted by molar-refractivity contribution is -0.132. The third-order valence-corrected chi connectivity index (χ3v) is 3.53. The van der Waals surface area contributed by atoms with Crippen molar-refractivity contribution >= 4 is 23.1 Å². The van der Waals surface area contributed by atoms with E-state index in [0.29, 0.717) is 17.6 Å². The molecule has 0 aliphatic heterocycles. The van der Waals surface area contributed by atoms with Crippen molar-refractivity contribution in [2.24, 2.45) is 11.7 Å². The molecule has 1 aliphatic rings. The molecule has 4 nitrogen and oxygen atoms in total. The largest absolute Gasteiger partial charge is 0.393 e. The van der Waals surface area contributed by atoms with Crippen molar-refractivity contribution in [3.63, 3.8) is 0 Å². The van der Waals surface area contributed by atoms with E-state index >= 15 is 0 Å². The smallest absolute Gasteiger partial charge is 0.236 e. The number of amides is 1. The van der Waals surface area contributed by atoms with Crippen molar-refractivity contribution in [3.05, 3.63) is 0 Å². The third-order valence-electron chi connectivity index (χ3n) is 3.13. The highest BCUT2D eigenvalue weighted by atomic mass is 32.1. The van der Waals surface area contributed by atoms with Crippen LogP contribution in [0.4, 0.5) is 0 Å². The number of carbonyl (C=O) groups excluding carboxylic acids is 1. The van der Waals surface area contributed by atoms with E-state index < -0.39 is 0 Å². The van der Waals surface area contributed by atoms with Crippen LogP contribution in [0.15, 0.2) is 0 Å². The van der Waals surface area contributed by atoms with E-state index in [9.17, 15) is 4.79 Å². The van der Waals surface area contributed by atoms with Crippen LogP contribution in [0.5, 0.6) is 0 Å². The van der Waals surface area contributed by atoms with Crippen LogP contribution in [0.1, 0.15) is 26.7 Å². The highest BCUT2D eigenvalue weighted by Crippen LogP contribution is 2.26. The van der Waals surface area contributed by atoms with E-state index in [1.165, 1.54) is 0 Å². The van der Waals surface area contributed by atoms with Gasteiger partial charge in [0, 0.05) is 25.0 Å². The van der Waals surface area contributed by atoms with Gasteiger partial charge in [0.1, 0.15) is 0 Å². The lowest BCUT2D eigenvalue weighted by Crippen LogP contribution is -2.42. The first kappa shape index (κ1) is 14.4. The third kappa shape index (κ3) is 4.60. The number of likely N-dealkylation sites (N-methyl/N-ethyl adjacent to an activating group) is 2. The number of hydrogen-bond acceptors (Lipinski definition) is 3. The molecule has 1 amide bonds. The minimum absolute atomic E-state index is 0.152. The van der Waals surface area contributed by atoms with Gasteiger partial charge < -0.3 is 10.6 Å². The molecule has 1 saturated carbocycles. The monoisotopic (exact) mass is 257 g/mol. The van der Waals surface area contributed by atoms with Crippen molar-refractivity contribution in [1.29, 1.82) is 0 Å². The van der Waals surface area contributed by atoms with Gasteiger partial charge >= 0.3 is 0 Å². The van der Waals surface area contributed by atoms with Crippen molar-refractivity contribution in [2.75, 3.05) is 26.7 Å². The van der Waals surface area contributed by atoms with Crippen LogP contribution in [0, 0.1) is 5.92 Å². The van der Waals surface area contributed by atoms with Gasteiger partial charge in [-0.15, -0.1) is 0 Å². The second-order valence-electron chi connectivity index (χ2n) is 4.91. The van der Waals surface area contributed by atoms with E-state index in [4.69, 9.17) is 18.0 Å². The Kier molecular flexibility index (Phi) is 5.33. The van der Waals surface area contributed by atoms with Gasteiger partial charge in [-0.1, -0.05) is 19.1 Å². The standard InChI is InChI=1S/C12H23N3OS/c1-4-15(10-5-6-10)11(16)8-14(3)7-9(2)12(13)17/h9-10H,4-8H2,1-3H3,(H2,13,17). The van der Waals surface area contributed by atoms with Crippen LogP contribution in [0.3, 0.4) is 0 Å². The van der Waals surface area contributed by atoms with Gasteiger partial charge in [-0.05, 0) is 26.8 Å². The van der Waals surface area contributed by atoms with Gasteiger partial charge in [0.25, 0.3) is 0 Å². The van der Waals surface area contributed by atoms with E-state index in [1.54, 1.807) is 0 Å². The van der Waals surface area contributed by atoms with Gasteiger partial charge in [-0.2, -0.15) is 0 Å². The quantitative estimate of drug-likeness (QED) is 0.687. The van der Waals surface area contributed by atoms with Crippen molar-refractivity contribution in [1.82, 2.24) is 9.80 Å². The van der Waals surface area contributed by atoms with Crippen LogP contribution in [-0.2, 0) is 4.79 Å². The maximum atomic E-state index is 12.0. The molecule has 17 heavy (non-hydrogen) atoms. The minimum Gasteiger partial charge on any atom is -0.393 e. The molecular formula is C12H23N3OS. The lowest BCUT2D eigenvalue weighted by Gasteiger charge is -2.25. The van der Waals surface area contributed by atoms with Crippen LogP contribution in [0.2, 0.25) is 0 Å². The summed E-state index contributed by atoms with van der Waals surface area (Å²) in [6, 6.07) is 0.494. The highest BCUT2D eigenvalue weighted by Gasteiger charge is 2.31. The zero-order chi connectivity index (χ0) is 13.0. The minimum atomic E-state index is 0.152. The molecule has 0 heterocycles. The molecule has 1 atom stereocenters. The second kappa shape index (κ2) is 6.31. The molecule has 0 bridgehead atoms. The molecule has 98 valence electrons. The molecule has 1 aliphatic carbocycles. The van der Waals surface area contributed by atoms with Crippen LogP contribution in [-0.4, -0.2) is 53.4 Å². The molecule has 5 heteroatoms. The second-order valence-corrected chi connectivity index (χ2v) is 5.38. The fourth-order valence-electron chi connectivity index (χ4n) is 1.97. The molecule has 0 spiro atoms. The normalized spacial score (nSPS) is 16.9. The molecule has 2 N–H and O–H groups in total. The van der Waals surface area contributed by atoms with Crippen LogP contribution < -0.4 is 5.73 Å². The first-order valence-corrected chi connectivity index (χ1v) is 6.63. The molecule has 1 unspecified atom stereocenters. The summed E-state index contributed by atoms with van der Waals surface area (Å²) in [5.41, 5.74) is 5.57. The van der Waals surface area contributed by atoms with Crippen molar-refractivity contribution in [2.45, 2.75) is 32.7 Å². The molecular weight excluding hydrogens is 234 g/mol. The summed E-state index contributed by atoms with van der Waals surface area (Å²) in [6.07, 6.45) is 2.32. The Morgan fingerprint density at radius 1 is 1.53 bits per heavy atom. The van der Waals surface area contributed by atoms with Crippen LogP contribution >= 0.6 is 12.2 Å². The summed E-state index contributed by atoms with van der Waals surface area (Å²) in [4.78, 5) is 16.5. The van der Waals surface area contributed by atoms with Crippen molar-refractivity contribution in [3.8, 4) is 0 Å². The summed E-state index contributed by atoms with van der Waals surface area (Å²) < 4.78 is 0. The SMILES string of the molecule is CCN(C(=O)CN(C)CC(C)C(N)=S)C1CC1. The van der Waals surface area contributed by atoms with E-state index in [0.717, 1.165) is 25.9 Å². The molecule has 0 aromatic rings. The topological polar surface area (TPSA) is 49.6 Å². The van der Waals surface area contributed by atoms with E-state index in [2.05, 4.69) is 0 Å². The molecule has 0 saturated heterocycles. The van der Waals surface area contributed by atoms with Gasteiger partial charge in [0.05, 0.1) is 11.5 Å². The zero-order valence-corrected chi connectivity index (χ0v) is 11.8. The number of rotatable bonds is 7. The summed E-state index contributed by atoms with van der Waals surface area (Å²) in [5, 5.41) is 0. The molecule has 1 rings (SSSR count). The Bertz CT molecular complexity index is 291. The van der Waals surface area contributed by atoms with Gasteiger partial charge in [-0.25, -0.2) is 0 Å². The number of nitrogens with zero attached hydrogens (tertiary/aromatic N) is 2. The van der Waals surface area contributed by atoms with Gasteiger partial charge in [0.2, 0.25) is 5.91 Å². The zero-order valence-electron chi connectivity index (χ0n) is 11.0. The average molecular weight is 257 g/mol. The predicted octanol–water partition coefficient (Wildman–Crippen LogP) is 0.851. The van der Waals surface area contributed by atoms with E-state index in [-0.39, 0.29) is 11.8 Å². The maximum Gasteiger partial charge on any atom is 0.236 e. The Balaban J connectivity index is 2.36. The van der Waals surface area contributed by atoms with Crippen molar-refractivity contribution < 1.29 is 4.79 Å². The van der Waals surface area contributed by atoms with Gasteiger partial charge in [-0.3, -0.25) is 9.69 Å². The Morgan fingerprint density at radius 3 is 2.53 bits per heavy atom. The average Bonchev–Trinajstić information content (AvgIpc) is 3.02. The number of hydrogen-bond donors (Lipinski definition) is 1. The maximum absolute atomic E-state index is 12.0. The number of carbonyl (C=O) groups is 1. The molecule has 0 aromatic heterocycles. The predicted molar refractivity (Wildman–Crippen MR) is 73.9 cm³/mol. The summed E-state index contributed by atoms with van der Waals surface area (Å²) >= 11 is 4.93. The Morgan fingerprint density at radius 2 is 2.12 bits per heavy atom. The fraction of sp³-hybridized carbons (Fsp3) is 0.833. The highest BCUT2D eigenvalue weighted by molar-refractivity contribution is 7.80. The first-order chi connectivity index (χ1) is 7.95. The van der Waals surface area contributed by atoms with Crippen LogP contribution in [0.25, 0.3) is 0 Å². The summed E-state index contributed by atoms with van der Waals surface area (Å²) in [6.45, 7) is 6.03. The summed E-state index contributed by atoms with van der Waals surface area (Å²) in [5.74, 6) is 0.367. The van der Waals surface area contributed by atoms with Gasteiger partial charge in [0.15, 0.2) is 0 Å². The molecule has 0 radical (unpaired) electrons. The lowest BCUT2D eigenvalue weighted by atomic mass is 10.2. The summed E-state index contributed by atoms with van der Waals surface area (Å²) in [7, 11) is 1.94. The number of thiocarbonyl (C=S) groups is 1. The molecule has 1 fully saturated rings. The Labute approximate surface area is 109 Å².